The molecule has 4 nitrogen and oxygen atoms in total. The van der Waals surface area contributed by atoms with Gasteiger partial charge < -0.3 is 0 Å². The Kier molecular flexibility index (Phi) is 3.74. The number of hydrogen-bond donors (Lipinski definition) is 0. The number of sulfone groups is 1. The molecule has 1 aromatic heterocycles. The first-order valence-corrected chi connectivity index (χ1v) is 6.95. The monoisotopic (exact) mass is 270 g/mol. The minimum absolute atomic E-state index is 0.103. The molecule has 0 bridgehead atoms. The fraction of sp³-hybridized carbons (Fsp3) is 0. The maximum atomic E-state index is 12.3. The average molecular weight is 270 g/mol. The van der Waals surface area contributed by atoms with E-state index in [1.54, 1.807) is 42.6 Å². The molecule has 0 N–H and O–H groups in total. The lowest BCUT2D eigenvalue weighted by Crippen LogP contribution is -2.03. The Balaban J connectivity index is 2.50. The number of nitriles is 1. The second-order valence-corrected chi connectivity index (χ2v) is 5.64. The molecule has 0 aliphatic heterocycles. The highest BCUT2D eigenvalue weighted by Crippen LogP contribution is 2.20. The molecule has 0 saturated heterocycles. The van der Waals surface area contributed by atoms with Crippen LogP contribution in [0.1, 0.15) is 5.56 Å². The summed E-state index contributed by atoms with van der Waals surface area (Å²) in [6, 6.07) is 13.0. The van der Waals surface area contributed by atoms with Gasteiger partial charge in [0.1, 0.15) is 11.0 Å². The summed E-state index contributed by atoms with van der Waals surface area (Å²) in [7, 11) is -3.78. The maximum Gasteiger partial charge on any atom is 0.216 e. The molecule has 1 aromatic carbocycles. The van der Waals surface area contributed by atoms with Crippen molar-refractivity contribution in [1.29, 1.82) is 5.26 Å². The van der Waals surface area contributed by atoms with Gasteiger partial charge in [0.25, 0.3) is 0 Å². The summed E-state index contributed by atoms with van der Waals surface area (Å²) >= 11 is 0. The lowest BCUT2D eigenvalue weighted by atomic mass is 10.3. The minimum Gasteiger partial charge on any atom is -0.264 e. The van der Waals surface area contributed by atoms with Crippen molar-refractivity contribution in [3.05, 3.63) is 65.3 Å². The topological polar surface area (TPSA) is 70.8 Å². The molecule has 0 saturated carbocycles. The van der Waals surface area contributed by atoms with Crippen LogP contribution >= 0.6 is 0 Å². The van der Waals surface area contributed by atoms with Crippen molar-refractivity contribution in [2.75, 3.05) is 0 Å². The quantitative estimate of drug-likeness (QED) is 0.803. The van der Waals surface area contributed by atoms with E-state index in [1.165, 1.54) is 24.4 Å². The number of hydrogen-bond acceptors (Lipinski definition) is 4. The van der Waals surface area contributed by atoms with Crippen molar-refractivity contribution in [1.82, 2.24) is 4.98 Å². The van der Waals surface area contributed by atoms with Crippen LogP contribution in [0.4, 0.5) is 0 Å². The van der Waals surface area contributed by atoms with Crippen molar-refractivity contribution >= 4 is 15.9 Å². The standard InChI is InChI=1S/C14H10N2O2S/c15-10-14(9-12-5-4-8-16-11-12)19(17,18)13-6-2-1-3-7-13/h1-9,11H/b14-9-. The van der Waals surface area contributed by atoms with Crippen LogP contribution in [-0.4, -0.2) is 13.4 Å². The van der Waals surface area contributed by atoms with E-state index in [-0.39, 0.29) is 9.80 Å². The number of benzene rings is 1. The van der Waals surface area contributed by atoms with E-state index < -0.39 is 9.84 Å². The lowest BCUT2D eigenvalue weighted by molar-refractivity contribution is 0.603. The number of rotatable bonds is 3. The van der Waals surface area contributed by atoms with Gasteiger partial charge in [-0.15, -0.1) is 0 Å². The summed E-state index contributed by atoms with van der Waals surface area (Å²) < 4.78 is 24.5. The number of pyridine rings is 1. The zero-order valence-electron chi connectivity index (χ0n) is 9.89. The molecule has 0 amide bonds. The first-order chi connectivity index (χ1) is 9.14. The van der Waals surface area contributed by atoms with Crippen LogP contribution in [0.15, 0.2) is 64.7 Å². The molecule has 0 atom stereocenters. The summed E-state index contributed by atoms with van der Waals surface area (Å²) in [5, 5.41) is 9.07. The van der Waals surface area contributed by atoms with Crippen LogP contribution in [0.25, 0.3) is 6.08 Å². The van der Waals surface area contributed by atoms with Crippen LogP contribution in [0.5, 0.6) is 0 Å². The second-order valence-electron chi connectivity index (χ2n) is 3.72. The van der Waals surface area contributed by atoms with E-state index >= 15 is 0 Å². The molecule has 0 spiro atoms. The van der Waals surface area contributed by atoms with Gasteiger partial charge in [0.05, 0.1) is 4.90 Å². The van der Waals surface area contributed by atoms with Gasteiger partial charge in [-0.1, -0.05) is 24.3 Å². The summed E-state index contributed by atoms with van der Waals surface area (Å²) in [5.74, 6) is 0. The first-order valence-electron chi connectivity index (χ1n) is 5.46. The highest BCUT2D eigenvalue weighted by molar-refractivity contribution is 7.95. The first kappa shape index (κ1) is 13.0. The molecule has 0 fully saturated rings. The third-order valence-electron chi connectivity index (χ3n) is 2.44. The summed E-state index contributed by atoms with van der Waals surface area (Å²) in [5.41, 5.74) is 0.568. The molecule has 5 heteroatoms. The molecule has 0 aliphatic carbocycles. The van der Waals surface area contributed by atoms with Crippen LogP contribution < -0.4 is 0 Å². The zero-order chi connectivity index (χ0) is 13.7. The average Bonchev–Trinajstić information content (AvgIpc) is 2.46. The molecule has 0 radical (unpaired) electrons. The SMILES string of the molecule is N#C/C(=C/c1cccnc1)S(=O)(=O)c1ccccc1. The van der Waals surface area contributed by atoms with E-state index in [4.69, 9.17) is 5.26 Å². The highest BCUT2D eigenvalue weighted by atomic mass is 32.2. The predicted octanol–water partition coefficient (Wildman–Crippen LogP) is 2.42. The second kappa shape index (κ2) is 5.46. The summed E-state index contributed by atoms with van der Waals surface area (Å²) in [4.78, 5) is 3.68. The van der Waals surface area contributed by atoms with E-state index in [1.807, 2.05) is 0 Å². The van der Waals surface area contributed by atoms with E-state index in [0.717, 1.165) is 0 Å². The fourth-order valence-corrected chi connectivity index (χ4v) is 2.69. The van der Waals surface area contributed by atoms with E-state index in [0.29, 0.717) is 5.56 Å². The number of allylic oxidation sites excluding steroid dienone is 1. The van der Waals surface area contributed by atoms with Crippen LogP contribution in [0.2, 0.25) is 0 Å². The van der Waals surface area contributed by atoms with Crippen molar-refractivity contribution in [2.24, 2.45) is 0 Å². The summed E-state index contributed by atoms with van der Waals surface area (Å²) in [6.45, 7) is 0. The van der Waals surface area contributed by atoms with Gasteiger partial charge in [-0.05, 0) is 29.8 Å². The number of nitrogens with zero attached hydrogens (tertiary/aromatic N) is 2. The summed E-state index contributed by atoms with van der Waals surface area (Å²) in [6.07, 6.45) is 4.39. The zero-order valence-corrected chi connectivity index (χ0v) is 10.7. The normalized spacial score (nSPS) is 11.8. The molecule has 2 rings (SSSR count). The van der Waals surface area contributed by atoms with Crippen molar-refractivity contribution in [3.63, 3.8) is 0 Å². The Morgan fingerprint density at radius 2 is 1.89 bits per heavy atom. The third kappa shape index (κ3) is 2.87. The van der Waals surface area contributed by atoms with E-state index in [9.17, 15) is 8.42 Å². The van der Waals surface area contributed by atoms with E-state index in [2.05, 4.69) is 4.98 Å². The molecular formula is C14H10N2O2S. The smallest absolute Gasteiger partial charge is 0.216 e. The lowest BCUT2D eigenvalue weighted by Gasteiger charge is -2.02. The van der Waals surface area contributed by atoms with Gasteiger partial charge in [0.2, 0.25) is 9.84 Å². The maximum absolute atomic E-state index is 12.3. The minimum atomic E-state index is -3.78. The Bertz CT molecular complexity index is 730. The third-order valence-corrected chi connectivity index (χ3v) is 4.12. The Hall–Kier alpha value is -2.45. The molecule has 1 heterocycles. The van der Waals surface area contributed by atoms with Crippen LogP contribution in [0, 0.1) is 11.3 Å². The molecule has 94 valence electrons. The van der Waals surface area contributed by atoms with Crippen LogP contribution in [0.3, 0.4) is 0 Å². The Morgan fingerprint density at radius 3 is 2.47 bits per heavy atom. The molecule has 0 aliphatic rings. The number of aromatic nitrogens is 1. The fourth-order valence-electron chi connectivity index (χ4n) is 1.51. The van der Waals surface area contributed by atoms with Gasteiger partial charge in [0.15, 0.2) is 0 Å². The van der Waals surface area contributed by atoms with Crippen molar-refractivity contribution < 1.29 is 8.42 Å². The predicted molar refractivity (Wildman–Crippen MR) is 71.5 cm³/mol. The molecule has 2 aromatic rings. The largest absolute Gasteiger partial charge is 0.264 e. The van der Waals surface area contributed by atoms with Crippen molar-refractivity contribution in [2.45, 2.75) is 4.90 Å². The van der Waals surface area contributed by atoms with Gasteiger partial charge in [-0.25, -0.2) is 8.42 Å². The highest BCUT2D eigenvalue weighted by Gasteiger charge is 2.20. The molecule has 0 unspecified atom stereocenters. The Morgan fingerprint density at radius 1 is 1.16 bits per heavy atom. The van der Waals surface area contributed by atoms with Gasteiger partial charge in [0, 0.05) is 12.4 Å². The van der Waals surface area contributed by atoms with Gasteiger partial charge >= 0.3 is 0 Å². The van der Waals surface area contributed by atoms with Crippen LogP contribution in [-0.2, 0) is 9.84 Å². The molecular weight excluding hydrogens is 260 g/mol. The van der Waals surface area contributed by atoms with Gasteiger partial charge in [-0.3, -0.25) is 4.98 Å². The van der Waals surface area contributed by atoms with Gasteiger partial charge in [-0.2, -0.15) is 5.26 Å². The molecule has 19 heavy (non-hydrogen) atoms. The Labute approximate surface area is 111 Å². The van der Waals surface area contributed by atoms with Crippen molar-refractivity contribution in [3.8, 4) is 6.07 Å².